The zero-order valence-corrected chi connectivity index (χ0v) is 13.7. The molecule has 2 aliphatic rings. The van der Waals surface area contributed by atoms with E-state index >= 15 is 0 Å². The monoisotopic (exact) mass is 341 g/mol. The van der Waals surface area contributed by atoms with Crippen LogP contribution in [0.15, 0.2) is 35.4 Å². The molecular formula is C18H19N3O4. The Labute approximate surface area is 143 Å². The molecule has 2 aromatic rings. The van der Waals surface area contributed by atoms with Gasteiger partial charge in [-0.3, -0.25) is 14.0 Å². The fraction of sp³-hybridized carbons (Fsp3) is 0.444. The zero-order valence-electron chi connectivity index (χ0n) is 13.7. The van der Waals surface area contributed by atoms with Crippen LogP contribution in [-0.2, 0) is 4.79 Å². The Hall–Kier alpha value is -2.70. The van der Waals surface area contributed by atoms with Crippen LogP contribution in [0, 0.1) is 5.92 Å². The maximum absolute atomic E-state index is 13.1. The third kappa shape index (κ3) is 2.50. The van der Waals surface area contributed by atoms with Crippen molar-refractivity contribution >= 4 is 17.5 Å². The van der Waals surface area contributed by atoms with Crippen molar-refractivity contribution in [2.24, 2.45) is 5.92 Å². The first-order valence-electron chi connectivity index (χ1n) is 8.60. The van der Waals surface area contributed by atoms with E-state index in [1.165, 1.54) is 15.5 Å². The molecule has 4 rings (SSSR count). The van der Waals surface area contributed by atoms with Crippen molar-refractivity contribution in [2.45, 2.75) is 44.2 Å². The highest BCUT2D eigenvalue weighted by atomic mass is 16.4. The summed E-state index contributed by atoms with van der Waals surface area (Å²) in [4.78, 5) is 43.1. The van der Waals surface area contributed by atoms with E-state index in [1.54, 1.807) is 24.4 Å². The van der Waals surface area contributed by atoms with Gasteiger partial charge in [0.25, 0.3) is 11.5 Å². The van der Waals surface area contributed by atoms with Crippen molar-refractivity contribution in [1.29, 1.82) is 0 Å². The lowest BCUT2D eigenvalue weighted by molar-refractivity contribution is -0.141. The van der Waals surface area contributed by atoms with Gasteiger partial charge in [0, 0.05) is 18.4 Å². The summed E-state index contributed by atoms with van der Waals surface area (Å²) in [7, 11) is 0. The van der Waals surface area contributed by atoms with Gasteiger partial charge in [0.05, 0.1) is 0 Å². The van der Waals surface area contributed by atoms with E-state index in [4.69, 9.17) is 0 Å². The molecule has 7 nitrogen and oxygen atoms in total. The molecule has 130 valence electrons. The zero-order chi connectivity index (χ0) is 17.6. The lowest BCUT2D eigenvalue weighted by atomic mass is 9.84. The fourth-order valence-corrected chi connectivity index (χ4v) is 4.29. The molecule has 1 saturated heterocycles. The van der Waals surface area contributed by atoms with Gasteiger partial charge in [-0.25, -0.2) is 9.78 Å². The number of hydrogen-bond acceptors (Lipinski definition) is 4. The highest BCUT2D eigenvalue weighted by Gasteiger charge is 2.48. The van der Waals surface area contributed by atoms with Crippen molar-refractivity contribution in [2.75, 3.05) is 0 Å². The number of amides is 1. The van der Waals surface area contributed by atoms with Crippen LogP contribution in [0.3, 0.4) is 0 Å². The Balaban J connectivity index is 1.77. The lowest BCUT2D eigenvalue weighted by Gasteiger charge is -2.32. The van der Waals surface area contributed by atoms with Crippen LogP contribution in [0.5, 0.6) is 0 Å². The molecule has 1 aliphatic carbocycles. The molecule has 1 saturated carbocycles. The minimum atomic E-state index is -1.00. The summed E-state index contributed by atoms with van der Waals surface area (Å²) < 4.78 is 1.32. The summed E-state index contributed by atoms with van der Waals surface area (Å²) in [5, 5.41) is 9.57. The van der Waals surface area contributed by atoms with E-state index in [9.17, 15) is 19.5 Å². The maximum atomic E-state index is 13.1. The summed E-state index contributed by atoms with van der Waals surface area (Å²) in [6, 6.07) is 4.17. The average molecular weight is 341 g/mol. The van der Waals surface area contributed by atoms with Crippen LogP contribution < -0.4 is 5.56 Å². The van der Waals surface area contributed by atoms with Crippen LogP contribution in [0.2, 0.25) is 0 Å². The molecule has 3 atom stereocenters. The van der Waals surface area contributed by atoms with Crippen molar-refractivity contribution in [1.82, 2.24) is 14.3 Å². The van der Waals surface area contributed by atoms with Gasteiger partial charge < -0.3 is 10.0 Å². The van der Waals surface area contributed by atoms with E-state index < -0.39 is 23.5 Å². The molecule has 2 aromatic heterocycles. The summed E-state index contributed by atoms with van der Waals surface area (Å²) in [5.74, 6) is -1.32. The van der Waals surface area contributed by atoms with E-state index in [1.807, 2.05) is 0 Å². The van der Waals surface area contributed by atoms with Gasteiger partial charge in [-0.1, -0.05) is 18.9 Å². The number of aliphatic carboxylic acids is 1. The van der Waals surface area contributed by atoms with Gasteiger partial charge in [-0.05, 0) is 37.3 Å². The van der Waals surface area contributed by atoms with E-state index in [0.29, 0.717) is 12.1 Å². The number of hydrogen-bond donors (Lipinski definition) is 1. The van der Waals surface area contributed by atoms with Gasteiger partial charge >= 0.3 is 5.97 Å². The molecule has 1 aliphatic heterocycles. The smallest absolute Gasteiger partial charge is 0.326 e. The van der Waals surface area contributed by atoms with Gasteiger partial charge in [0.2, 0.25) is 0 Å². The highest BCUT2D eigenvalue weighted by molar-refractivity contribution is 5.97. The van der Waals surface area contributed by atoms with Gasteiger partial charge in [-0.15, -0.1) is 0 Å². The minimum absolute atomic E-state index is 0.0684. The van der Waals surface area contributed by atoms with Crippen molar-refractivity contribution in [3.63, 3.8) is 0 Å². The SMILES string of the molecule is O=C(O)[C@@H]1C[C@H]2CCCC[C@H]2N1C(=O)c1cnc2ccccn2c1=O. The lowest BCUT2D eigenvalue weighted by Crippen LogP contribution is -2.47. The topological polar surface area (TPSA) is 92.0 Å². The number of aromatic nitrogens is 2. The first-order chi connectivity index (χ1) is 12.1. The Morgan fingerprint density at radius 1 is 1.20 bits per heavy atom. The molecule has 1 amide bonds. The van der Waals surface area contributed by atoms with Gasteiger partial charge in [-0.2, -0.15) is 0 Å². The van der Waals surface area contributed by atoms with Crippen molar-refractivity contribution in [3.8, 4) is 0 Å². The molecule has 0 bridgehead atoms. The molecular weight excluding hydrogens is 322 g/mol. The molecule has 0 radical (unpaired) electrons. The average Bonchev–Trinajstić information content (AvgIpc) is 3.01. The van der Waals surface area contributed by atoms with Gasteiger partial charge in [0.15, 0.2) is 0 Å². The number of carboxylic acids is 1. The number of carbonyl (C=O) groups excluding carboxylic acids is 1. The second kappa shape index (κ2) is 5.98. The fourth-order valence-electron chi connectivity index (χ4n) is 4.29. The molecule has 25 heavy (non-hydrogen) atoms. The van der Waals surface area contributed by atoms with Crippen LogP contribution in [-0.4, -0.2) is 43.4 Å². The number of carbonyl (C=O) groups is 2. The molecule has 0 aromatic carbocycles. The summed E-state index contributed by atoms with van der Waals surface area (Å²) in [6.07, 6.45) is 7.07. The maximum Gasteiger partial charge on any atom is 0.326 e. The molecule has 0 spiro atoms. The Kier molecular flexibility index (Phi) is 3.78. The number of likely N-dealkylation sites (tertiary alicyclic amines) is 1. The second-order valence-corrected chi connectivity index (χ2v) is 6.82. The predicted molar refractivity (Wildman–Crippen MR) is 89.4 cm³/mol. The number of pyridine rings is 1. The first-order valence-corrected chi connectivity index (χ1v) is 8.60. The molecule has 1 N–H and O–H groups in total. The molecule has 7 heteroatoms. The predicted octanol–water partition coefficient (Wildman–Crippen LogP) is 1.55. The second-order valence-electron chi connectivity index (χ2n) is 6.82. The molecule has 3 heterocycles. The number of fused-ring (bicyclic) bond motifs is 2. The van der Waals surface area contributed by atoms with Gasteiger partial charge in [0.1, 0.15) is 17.3 Å². The number of carboxylic acid groups (broad SMARTS) is 1. The molecule has 2 fully saturated rings. The Bertz CT molecular complexity index is 907. The van der Waals surface area contributed by atoms with Crippen molar-refractivity contribution in [3.05, 3.63) is 46.5 Å². The molecule has 0 unspecified atom stereocenters. The third-order valence-electron chi connectivity index (χ3n) is 5.45. The Morgan fingerprint density at radius 2 is 2.00 bits per heavy atom. The third-order valence-corrected chi connectivity index (χ3v) is 5.45. The number of nitrogens with zero attached hydrogens (tertiary/aromatic N) is 3. The summed E-state index contributed by atoms with van der Waals surface area (Å²) >= 11 is 0. The largest absolute Gasteiger partial charge is 0.480 e. The normalized spacial score (nSPS) is 25.8. The van der Waals surface area contributed by atoms with Crippen LogP contribution in [0.1, 0.15) is 42.5 Å². The van der Waals surface area contributed by atoms with Crippen LogP contribution >= 0.6 is 0 Å². The quantitative estimate of drug-likeness (QED) is 0.895. The first kappa shape index (κ1) is 15.8. The number of rotatable bonds is 2. The summed E-state index contributed by atoms with van der Waals surface area (Å²) in [6.45, 7) is 0. The van der Waals surface area contributed by atoms with Crippen LogP contribution in [0.25, 0.3) is 5.65 Å². The van der Waals surface area contributed by atoms with E-state index in [0.717, 1.165) is 25.7 Å². The highest BCUT2D eigenvalue weighted by Crippen LogP contribution is 2.40. The standard InChI is InChI=1S/C18H19N3O4/c22-16-12(10-19-15-7-3-4-8-20(15)16)17(23)21-13-6-2-1-5-11(13)9-14(21)18(24)25/h3-4,7-8,10-11,13-14H,1-2,5-6,9H2,(H,24,25)/t11-,13-,14+/m1/s1. The summed E-state index contributed by atoms with van der Waals surface area (Å²) in [5.41, 5.74) is -0.0732. The van der Waals surface area contributed by atoms with Crippen molar-refractivity contribution < 1.29 is 14.7 Å². The minimum Gasteiger partial charge on any atom is -0.480 e. The van der Waals surface area contributed by atoms with Crippen LogP contribution in [0.4, 0.5) is 0 Å². The van der Waals surface area contributed by atoms with E-state index in [2.05, 4.69) is 4.98 Å². The van der Waals surface area contributed by atoms with E-state index in [-0.39, 0.29) is 17.5 Å². The Morgan fingerprint density at radius 3 is 2.80 bits per heavy atom.